The molecule has 0 N–H and O–H groups in total. The van der Waals surface area contributed by atoms with Crippen molar-refractivity contribution in [2.24, 2.45) is 5.10 Å². The summed E-state index contributed by atoms with van der Waals surface area (Å²) in [5.74, 6) is -0.437. The van der Waals surface area contributed by atoms with Gasteiger partial charge in [0.15, 0.2) is 0 Å². The predicted octanol–water partition coefficient (Wildman–Crippen LogP) is 1.79. The first-order chi connectivity index (χ1) is 5.96. The van der Waals surface area contributed by atoms with Crippen LogP contribution in [0.1, 0.15) is 13.8 Å². The minimum Gasteiger partial charge on any atom is -0.476 e. The highest BCUT2D eigenvalue weighted by atomic mass is 19.4. The molecule has 1 heterocycles. The maximum Gasteiger partial charge on any atom is 0.423 e. The zero-order chi connectivity index (χ0) is 10.1. The van der Waals surface area contributed by atoms with E-state index in [9.17, 15) is 13.2 Å². The topological polar surface area (TPSA) is 35.7 Å². The zero-order valence-electron chi connectivity index (χ0n) is 7.14. The fourth-order valence-corrected chi connectivity index (χ4v) is 0.939. The quantitative estimate of drug-likeness (QED) is 0.658. The van der Waals surface area contributed by atoms with Gasteiger partial charge in [0.1, 0.15) is 5.57 Å². The van der Waals surface area contributed by atoms with Gasteiger partial charge in [-0.1, -0.05) is 0 Å². The van der Waals surface area contributed by atoms with Gasteiger partial charge in [0.05, 0.1) is 12.3 Å². The molecule has 1 aliphatic heterocycles. The third-order valence-electron chi connectivity index (χ3n) is 1.43. The largest absolute Gasteiger partial charge is 0.476 e. The summed E-state index contributed by atoms with van der Waals surface area (Å²) >= 11 is 0. The summed E-state index contributed by atoms with van der Waals surface area (Å²) in [6.45, 7) is 2.98. The van der Waals surface area contributed by atoms with E-state index >= 15 is 0 Å². The summed E-state index contributed by atoms with van der Waals surface area (Å²) in [7, 11) is 0. The molecule has 1 radical (unpaired) electrons. The van der Waals surface area contributed by atoms with Gasteiger partial charge in [0.25, 0.3) is 0 Å². The average molecular weight is 193 g/mol. The summed E-state index contributed by atoms with van der Waals surface area (Å²) in [6.07, 6.45) is -4.45. The molecule has 0 saturated carbocycles. The summed E-state index contributed by atoms with van der Waals surface area (Å²) in [4.78, 5) is 0. The third kappa shape index (κ3) is 1.93. The smallest absolute Gasteiger partial charge is 0.423 e. The minimum atomic E-state index is -4.45. The van der Waals surface area contributed by atoms with E-state index in [0.29, 0.717) is 0 Å². The molecule has 6 heteroatoms. The van der Waals surface area contributed by atoms with E-state index in [2.05, 4.69) is 10.5 Å². The Morgan fingerprint density at radius 1 is 1.38 bits per heavy atom. The van der Waals surface area contributed by atoms with Gasteiger partial charge in [-0.2, -0.15) is 18.3 Å². The Morgan fingerprint density at radius 3 is 2.46 bits per heavy atom. The first-order valence-electron chi connectivity index (χ1n) is 3.66. The number of ether oxygens (including phenoxy) is 1. The van der Waals surface area contributed by atoms with E-state index in [-0.39, 0.29) is 12.3 Å². The van der Waals surface area contributed by atoms with Crippen LogP contribution in [0.15, 0.2) is 16.6 Å². The summed E-state index contributed by atoms with van der Waals surface area (Å²) in [5, 5.41) is 3.31. The van der Waals surface area contributed by atoms with Gasteiger partial charge >= 0.3 is 6.18 Å². The maximum atomic E-state index is 12.3. The van der Waals surface area contributed by atoms with Crippen LogP contribution >= 0.6 is 0 Å². The maximum absolute atomic E-state index is 12.3. The predicted molar refractivity (Wildman–Crippen MR) is 40.0 cm³/mol. The second-order valence-corrected chi connectivity index (χ2v) is 2.40. The lowest BCUT2D eigenvalue weighted by atomic mass is 10.2. The van der Waals surface area contributed by atoms with Crippen LogP contribution in [-0.4, -0.2) is 18.5 Å². The third-order valence-corrected chi connectivity index (χ3v) is 1.43. The van der Waals surface area contributed by atoms with Crippen molar-refractivity contribution in [1.82, 2.24) is 5.43 Å². The molecule has 0 bridgehead atoms. The highest BCUT2D eigenvalue weighted by molar-refractivity contribution is 6.01. The van der Waals surface area contributed by atoms with Gasteiger partial charge in [-0.05, 0) is 13.8 Å². The molecule has 73 valence electrons. The number of hydrogen-bond acceptors (Lipinski definition) is 2. The Kier molecular flexibility index (Phi) is 2.49. The highest BCUT2D eigenvalue weighted by Gasteiger charge is 2.42. The van der Waals surface area contributed by atoms with Crippen LogP contribution < -0.4 is 5.43 Å². The fraction of sp³-hybridized carbons (Fsp3) is 0.571. The molecule has 3 nitrogen and oxygen atoms in total. The van der Waals surface area contributed by atoms with E-state index < -0.39 is 17.6 Å². The van der Waals surface area contributed by atoms with Crippen molar-refractivity contribution >= 4 is 5.71 Å². The molecular formula is C7H8F3N2O. The van der Waals surface area contributed by atoms with Crippen LogP contribution in [0.25, 0.3) is 0 Å². The molecular weight excluding hydrogens is 185 g/mol. The van der Waals surface area contributed by atoms with Gasteiger partial charge in [-0.25, -0.2) is 0 Å². The Hall–Kier alpha value is -1.20. The van der Waals surface area contributed by atoms with Crippen LogP contribution in [0.4, 0.5) is 13.2 Å². The molecule has 0 aromatic rings. The number of allylic oxidation sites excluding steroid dienone is 1. The molecule has 0 saturated heterocycles. The van der Waals surface area contributed by atoms with E-state index in [0.717, 1.165) is 0 Å². The van der Waals surface area contributed by atoms with Crippen LogP contribution in [-0.2, 0) is 4.74 Å². The van der Waals surface area contributed by atoms with E-state index in [1.807, 2.05) is 0 Å². The monoisotopic (exact) mass is 193 g/mol. The summed E-state index contributed by atoms with van der Waals surface area (Å²) in [6, 6.07) is 0. The van der Waals surface area contributed by atoms with Crippen LogP contribution in [0.2, 0.25) is 0 Å². The Bertz CT molecular complexity index is 267. The molecule has 0 spiro atoms. The van der Waals surface area contributed by atoms with Crippen molar-refractivity contribution in [3.05, 3.63) is 11.5 Å². The van der Waals surface area contributed by atoms with Crippen molar-refractivity contribution in [2.45, 2.75) is 20.0 Å². The number of hydrogen-bond donors (Lipinski definition) is 0. The van der Waals surface area contributed by atoms with Gasteiger partial charge < -0.3 is 4.74 Å². The minimum absolute atomic E-state index is 0.140. The lowest BCUT2D eigenvalue weighted by Gasteiger charge is -2.09. The second-order valence-electron chi connectivity index (χ2n) is 2.40. The molecule has 13 heavy (non-hydrogen) atoms. The van der Waals surface area contributed by atoms with Crippen molar-refractivity contribution in [3.8, 4) is 0 Å². The number of nitrogens with zero attached hydrogens (tertiary/aromatic N) is 2. The Labute approximate surface area is 73.3 Å². The van der Waals surface area contributed by atoms with E-state index in [4.69, 9.17) is 4.74 Å². The van der Waals surface area contributed by atoms with Crippen LogP contribution in [0.5, 0.6) is 0 Å². The average Bonchev–Trinajstić information content (AvgIpc) is 2.31. The molecule has 0 fully saturated rings. The van der Waals surface area contributed by atoms with Gasteiger partial charge in [0, 0.05) is 0 Å². The molecule has 0 aliphatic carbocycles. The van der Waals surface area contributed by atoms with Gasteiger partial charge in [0.2, 0.25) is 5.88 Å². The van der Waals surface area contributed by atoms with Gasteiger partial charge in [-0.15, -0.1) is 5.43 Å². The standard InChI is InChI=1S/C7H8F3N2O/c1-3-13-6-5(7(8,9)10)4(2)11-12-6/h3H2,1-2H3. The molecule has 0 unspecified atom stereocenters. The number of halogens is 3. The first-order valence-corrected chi connectivity index (χ1v) is 3.66. The number of alkyl halides is 3. The SMILES string of the molecule is CCOC1=C(C(F)(F)F)C(C)=N[N]1. The number of rotatable bonds is 2. The van der Waals surface area contributed by atoms with Crippen molar-refractivity contribution in [3.63, 3.8) is 0 Å². The van der Waals surface area contributed by atoms with E-state index in [1.54, 1.807) is 6.92 Å². The van der Waals surface area contributed by atoms with Gasteiger partial charge in [-0.3, -0.25) is 0 Å². The normalized spacial score (nSPS) is 17.2. The first kappa shape index (κ1) is 9.88. The van der Waals surface area contributed by atoms with E-state index in [1.165, 1.54) is 6.92 Å². The summed E-state index contributed by atoms with van der Waals surface area (Å²) in [5.41, 5.74) is 2.24. The highest BCUT2D eigenvalue weighted by Crippen LogP contribution is 2.31. The molecule has 0 aromatic heterocycles. The molecule has 1 aliphatic rings. The fourth-order valence-electron chi connectivity index (χ4n) is 0.939. The lowest BCUT2D eigenvalue weighted by Crippen LogP contribution is -2.19. The van der Waals surface area contributed by atoms with Crippen molar-refractivity contribution < 1.29 is 17.9 Å². The molecule has 0 amide bonds. The summed E-state index contributed by atoms with van der Waals surface area (Å²) < 4.78 is 41.6. The second kappa shape index (κ2) is 3.27. The lowest BCUT2D eigenvalue weighted by molar-refractivity contribution is -0.0893. The molecule has 0 atom stereocenters. The van der Waals surface area contributed by atoms with Crippen LogP contribution in [0, 0.1) is 0 Å². The molecule has 1 rings (SSSR count). The van der Waals surface area contributed by atoms with Crippen molar-refractivity contribution in [2.75, 3.05) is 6.61 Å². The molecule has 0 aromatic carbocycles. The van der Waals surface area contributed by atoms with Crippen LogP contribution in [0.3, 0.4) is 0 Å². The Morgan fingerprint density at radius 2 is 2.00 bits per heavy atom. The zero-order valence-corrected chi connectivity index (χ0v) is 7.14. The van der Waals surface area contributed by atoms with Crippen molar-refractivity contribution in [1.29, 1.82) is 0 Å². The Balaban J connectivity index is 2.96.